The molecule has 2 atom stereocenters. The Kier molecular flexibility index (Phi) is 6.87. The number of rotatable bonds is 7. The number of Topliss-reactive ketones (excluding diaryl/α,β-unsaturated/α-hetero) is 1. The third kappa shape index (κ3) is 5.00. The highest BCUT2D eigenvalue weighted by Gasteiger charge is 2.55. The number of sulfonamides is 1. The summed E-state index contributed by atoms with van der Waals surface area (Å²) in [4.78, 5) is 22.7. The third-order valence-electron chi connectivity index (χ3n) is 9.25. The van der Waals surface area contributed by atoms with E-state index in [4.69, 9.17) is 0 Å². The zero-order valence-electron chi connectivity index (χ0n) is 24.6. The van der Waals surface area contributed by atoms with Gasteiger partial charge >= 0.3 is 0 Å². The molecule has 0 saturated heterocycles. The van der Waals surface area contributed by atoms with Gasteiger partial charge in [-0.25, -0.2) is 26.9 Å². The number of carbonyl (C=O) groups excluding carboxylic acids is 1. The van der Waals surface area contributed by atoms with Gasteiger partial charge in [-0.3, -0.25) is 14.5 Å². The molecule has 1 N–H and O–H groups in total. The minimum atomic E-state index is -4.22. The number of hydrogen-bond acceptors (Lipinski definition) is 8. The lowest BCUT2D eigenvalue weighted by atomic mass is 9.60. The summed E-state index contributed by atoms with van der Waals surface area (Å²) >= 11 is 0. The number of nitrogens with zero attached hydrogens (tertiary/aromatic N) is 7. The van der Waals surface area contributed by atoms with Crippen LogP contribution in [0.3, 0.4) is 0 Å². The molecule has 0 amide bonds. The van der Waals surface area contributed by atoms with Gasteiger partial charge in [-0.05, 0) is 87.4 Å². The second-order valence-electron chi connectivity index (χ2n) is 12.6. The molecule has 2 fully saturated rings. The fourth-order valence-electron chi connectivity index (χ4n) is 7.22. The number of aliphatic hydroxyl groups is 1. The van der Waals surface area contributed by atoms with Gasteiger partial charge in [-0.15, -0.1) is 5.10 Å². The molecule has 3 heterocycles. The smallest absolute Gasteiger partial charge is 0.282 e. The minimum absolute atomic E-state index is 0.0525. The summed E-state index contributed by atoms with van der Waals surface area (Å²) in [5.41, 5.74) is 0.562. The van der Waals surface area contributed by atoms with Gasteiger partial charge in [0.05, 0.1) is 28.6 Å². The van der Waals surface area contributed by atoms with Crippen LogP contribution in [0.5, 0.6) is 0 Å². The van der Waals surface area contributed by atoms with E-state index in [9.17, 15) is 27.1 Å². The second kappa shape index (κ2) is 10.5. The highest BCUT2D eigenvalue weighted by molar-refractivity contribution is 7.89. The summed E-state index contributed by atoms with van der Waals surface area (Å²) in [7, 11) is -2.65. The predicted molar refractivity (Wildman–Crippen MR) is 157 cm³/mol. The number of aromatic nitrogens is 6. The Balaban J connectivity index is 1.33. The quantitative estimate of drug-likeness (QED) is 0.304. The molecular weight excluding hydrogens is 604 g/mol. The Bertz CT molecular complexity index is 1950. The summed E-state index contributed by atoms with van der Waals surface area (Å²) in [5, 5.41) is 18.9. The molecule has 0 aliphatic heterocycles. The summed E-state index contributed by atoms with van der Waals surface area (Å²) in [5.74, 6) is -1.39. The van der Waals surface area contributed by atoms with Gasteiger partial charge < -0.3 is 5.11 Å². The normalized spacial score (nSPS) is 26.1. The van der Waals surface area contributed by atoms with Crippen molar-refractivity contribution < 1.29 is 27.1 Å². The first-order valence-electron chi connectivity index (χ1n) is 14.7. The summed E-state index contributed by atoms with van der Waals surface area (Å²) < 4.78 is 60.7. The molecule has 45 heavy (non-hydrogen) atoms. The number of benzene rings is 1. The number of hydrogen-bond donors (Lipinski definition) is 1. The van der Waals surface area contributed by atoms with Crippen LogP contribution in [-0.4, -0.2) is 70.8 Å². The van der Waals surface area contributed by atoms with Crippen LogP contribution >= 0.6 is 0 Å². The number of ketones is 1. The van der Waals surface area contributed by atoms with Gasteiger partial charge in [0.25, 0.3) is 15.2 Å². The maximum Gasteiger partial charge on any atom is 0.282 e. The topological polar surface area (TPSA) is 136 Å². The summed E-state index contributed by atoms with van der Waals surface area (Å²) in [6.45, 7) is 1.66. The van der Waals surface area contributed by atoms with Crippen LogP contribution in [-0.2, 0) is 23.5 Å². The Morgan fingerprint density at radius 3 is 2.49 bits per heavy atom. The van der Waals surface area contributed by atoms with Crippen molar-refractivity contribution in [1.82, 2.24) is 33.8 Å². The lowest BCUT2D eigenvalue weighted by Gasteiger charge is -2.52. The molecule has 1 aromatic carbocycles. The van der Waals surface area contributed by atoms with Gasteiger partial charge in [0.1, 0.15) is 23.7 Å². The van der Waals surface area contributed by atoms with Crippen molar-refractivity contribution in [3.63, 3.8) is 0 Å². The van der Waals surface area contributed by atoms with Crippen molar-refractivity contribution in [2.75, 3.05) is 0 Å². The van der Waals surface area contributed by atoms with Gasteiger partial charge in [0.15, 0.2) is 5.78 Å². The van der Waals surface area contributed by atoms with E-state index in [0.29, 0.717) is 18.5 Å². The van der Waals surface area contributed by atoms with E-state index < -0.39 is 44.7 Å². The van der Waals surface area contributed by atoms with Crippen LogP contribution in [0.4, 0.5) is 8.78 Å². The van der Waals surface area contributed by atoms with Crippen molar-refractivity contribution in [2.45, 2.75) is 68.3 Å². The lowest BCUT2D eigenvalue weighted by Crippen LogP contribution is -2.60. The molecule has 3 aromatic heterocycles. The van der Waals surface area contributed by atoms with E-state index in [0.717, 1.165) is 29.0 Å². The fraction of sp³-hybridized carbons (Fsp3) is 0.387. The van der Waals surface area contributed by atoms with Crippen LogP contribution in [0.2, 0.25) is 0 Å². The largest absolute Gasteiger partial charge is 0.390 e. The van der Waals surface area contributed by atoms with E-state index in [1.54, 1.807) is 37.0 Å². The zero-order chi connectivity index (χ0) is 31.7. The highest BCUT2D eigenvalue weighted by atomic mass is 32.2. The average Bonchev–Trinajstić information content (AvgIpc) is 3.61. The average molecular weight is 636 g/mol. The molecule has 3 aliphatic carbocycles. The minimum Gasteiger partial charge on any atom is -0.390 e. The van der Waals surface area contributed by atoms with Gasteiger partial charge in [0, 0.05) is 31.4 Å². The van der Waals surface area contributed by atoms with Gasteiger partial charge in [0.2, 0.25) is 0 Å². The monoisotopic (exact) mass is 635 g/mol. The number of halogens is 2. The molecule has 2 saturated carbocycles. The first-order chi connectivity index (χ1) is 21.4. The van der Waals surface area contributed by atoms with E-state index >= 15 is 0 Å². The molecule has 0 radical (unpaired) electrons. The van der Waals surface area contributed by atoms with Crippen LogP contribution in [0.1, 0.15) is 60.8 Å². The zero-order valence-corrected chi connectivity index (χ0v) is 25.5. The van der Waals surface area contributed by atoms with Crippen molar-refractivity contribution in [1.29, 1.82) is 0 Å². The molecular formula is C31H31F2N7O4S. The van der Waals surface area contributed by atoms with Gasteiger partial charge in [-0.1, -0.05) is 5.57 Å². The molecule has 234 valence electrons. The first-order valence-corrected chi connectivity index (χ1v) is 16.1. The number of carbonyl (C=O) groups is 1. The second-order valence-corrected chi connectivity index (χ2v) is 14.3. The summed E-state index contributed by atoms with van der Waals surface area (Å²) in [6, 6.07) is 7.01. The Hall–Kier alpha value is -4.14. The van der Waals surface area contributed by atoms with Crippen LogP contribution in [0, 0.1) is 17.0 Å². The standard InChI is InChI=1S/C31H31F2N7O4S/c1-30(42)14-25(15-30)40(45(43,44)29-35-18-38(2)37-29)24-6-3-20-11-27-19(17-36-39(27)23-7-4-21(32)5-8-23)13-31(20,16-24)28(41)26-12-22(33)9-10-34-26/h4-5,7-12,17-18,24-25,42H,3,6,13-16H2,1-2H3/t24-,25?,30?,31-/m0/s1. The van der Waals surface area contributed by atoms with E-state index in [-0.39, 0.29) is 42.4 Å². The molecule has 0 bridgehead atoms. The fourth-order valence-corrected chi connectivity index (χ4v) is 8.94. The Morgan fingerprint density at radius 1 is 1.07 bits per heavy atom. The number of allylic oxidation sites excluding steroid dienone is 1. The third-order valence-corrected chi connectivity index (χ3v) is 11.1. The van der Waals surface area contributed by atoms with E-state index in [2.05, 4.69) is 20.2 Å². The first kappa shape index (κ1) is 29.6. The van der Waals surface area contributed by atoms with Gasteiger partial charge in [-0.2, -0.15) is 9.40 Å². The van der Waals surface area contributed by atoms with Crippen molar-refractivity contribution in [2.24, 2.45) is 12.5 Å². The molecule has 4 aromatic rings. The number of fused-ring (bicyclic) bond motifs is 2. The number of aryl methyl sites for hydroxylation is 1. The molecule has 11 nitrogen and oxygen atoms in total. The SMILES string of the molecule is Cn1cnc(S(=O)(=O)N(C2CC(C)(O)C2)[C@H]2CCC3=Cc4c(cnn4-c4ccc(F)cc4)C[C@]3(C(=O)c3cc(F)ccn3)C2)n1. The van der Waals surface area contributed by atoms with Crippen molar-refractivity contribution in [3.8, 4) is 5.69 Å². The van der Waals surface area contributed by atoms with Crippen LogP contribution in [0.15, 0.2) is 65.8 Å². The van der Waals surface area contributed by atoms with Crippen molar-refractivity contribution >= 4 is 21.9 Å². The van der Waals surface area contributed by atoms with Crippen molar-refractivity contribution in [3.05, 3.63) is 89.3 Å². The van der Waals surface area contributed by atoms with Crippen LogP contribution < -0.4 is 0 Å². The predicted octanol–water partition coefficient (Wildman–Crippen LogP) is 3.64. The molecule has 14 heteroatoms. The highest BCUT2D eigenvalue weighted by Crippen LogP contribution is 2.52. The molecule has 7 rings (SSSR count). The van der Waals surface area contributed by atoms with E-state index in [1.807, 2.05) is 6.08 Å². The maximum atomic E-state index is 14.5. The Labute approximate surface area is 258 Å². The van der Waals surface area contributed by atoms with Crippen LogP contribution in [0.25, 0.3) is 11.8 Å². The van der Waals surface area contributed by atoms with E-state index in [1.165, 1.54) is 33.6 Å². The molecule has 3 aliphatic rings. The lowest BCUT2D eigenvalue weighted by molar-refractivity contribution is -0.0690. The Morgan fingerprint density at radius 2 is 1.82 bits per heavy atom. The summed E-state index contributed by atoms with van der Waals surface area (Å²) in [6.07, 6.45) is 7.58. The molecule has 0 spiro atoms. The number of pyridine rings is 1. The molecule has 0 unspecified atom stereocenters. The maximum absolute atomic E-state index is 14.5.